The van der Waals surface area contributed by atoms with E-state index in [-0.39, 0.29) is 0 Å². The van der Waals surface area contributed by atoms with Crippen molar-refractivity contribution in [1.82, 2.24) is 15.1 Å². The molecule has 0 saturated heterocycles. The van der Waals surface area contributed by atoms with Gasteiger partial charge in [-0.3, -0.25) is 0 Å². The van der Waals surface area contributed by atoms with Crippen LogP contribution >= 0.6 is 0 Å². The summed E-state index contributed by atoms with van der Waals surface area (Å²) in [7, 11) is 0. The number of hydrogen-bond donors (Lipinski definition) is 1. The fourth-order valence-corrected chi connectivity index (χ4v) is 2.70. The molecule has 0 amide bonds. The molecule has 1 aromatic heterocycles. The van der Waals surface area contributed by atoms with Crippen LogP contribution in [0.3, 0.4) is 0 Å². The monoisotopic (exact) mass is 271 g/mol. The van der Waals surface area contributed by atoms with Crippen LogP contribution in [0, 0.1) is 27.7 Å². The van der Waals surface area contributed by atoms with E-state index in [9.17, 15) is 0 Å². The van der Waals surface area contributed by atoms with Crippen molar-refractivity contribution in [2.75, 3.05) is 13.1 Å². The average molecular weight is 271 g/mol. The summed E-state index contributed by atoms with van der Waals surface area (Å²) in [6.45, 7) is 12.7. The molecule has 0 saturated carbocycles. The van der Waals surface area contributed by atoms with E-state index in [0.29, 0.717) is 0 Å². The first-order chi connectivity index (χ1) is 9.54. The van der Waals surface area contributed by atoms with Crippen LogP contribution in [0.4, 0.5) is 0 Å². The van der Waals surface area contributed by atoms with Crippen molar-refractivity contribution >= 4 is 0 Å². The second kappa shape index (κ2) is 6.23. The van der Waals surface area contributed by atoms with Crippen LogP contribution in [0.5, 0.6) is 0 Å². The van der Waals surface area contributed by atoms with Crippen LogP contribution in [-0.2, 0) is 6.42 Å². The summed E-state index contributed by atoms with van der Waals surface area (Å²) in [5, 5.41) is 8.12. The maximum atomic E-state index is 4.74. The molecule has 3 heteroatoms. The van der Waals surface area contributed by atoms with Gasteiger partial charge in [0.25, 0.3) is 0 Å². The highest BCUT2D eigenvalue weighted by Gasteiger charge is 2.13. The van der Waals surface area contributed by atoms with Gasteiger partial charge in [0.05, 0.1) is 11.4 Å². The molecule has 0 aliphatic carbocycles. The summed E-state index contributed by atoms with van der Waals surface area (Å²) in [5.74, 6) is 0. The second-order valence-corrected chi connectivity index (χ2v) is 5.45. The van der Waals surface area contributed by atoms with Gasteiger partial charge in [-0.15, -0.1) is 0 Å². The van der Waals surface area contributed by atoms with Gasteiger partial charge in [0.2, 0.25) is 0 Å². The molecule has 0 radical (unpaired) electrons. The van der Waals surface area contributed by atoms with Crippen LogP contribution in [0.25, 0.3) is 5.69 Å². The molecule has 2 aromatic rings. The van der Waals surface area contributed by atoms with Crippen molar-refractivity contribution in [3.05, 3.63) is 46.3 Å². The zero-order chi connectivity index (χ0) is 14.7. The smallest absolute Gasteiger partial charge is 0.0678 e. The normalized spacial score (nSPS) is 11.1. The van der Waals surface area contributed by atoms with Gasteiger partial charge in [-0.05, 0) is 64.4 Å². The van der Waals surface area contributed by atoms with Gasteiger partial charge in [0.1, 0.15) is 0 Å². The molecule has 108 valence electrons. The minimum atomic E-state index is 1.01. The minimum Gasteiger partial charge on any atom is -0.317 e. The van der Waals surface area contributed by atoms with E-state index in [1.165, 1.54) is 28.1 Å². The molecule has 0 bridgehead atoms. The minimum absolute atomic E-state index is 1.01. The number of nitrogens with zero attached hydrogens (tertiary/aromatic N) is 2. The number of nitrogens with one attached hydrogen (secondary N) is 1. The van der Waals surface area contributed by atoms with E-state index in [1.807, 2.05) is 0 Å². The number of hydrogen-bond acceptors (Lipinski definition) is 2. The number of likely N-dealkylation sites (N-methyl/N-ethyl adjacent to an activating group) is 1. The first-order valence-corrected chi connectivity index (χ1v) is 7.38. The molecular formula is C17H25N3. The van der Waals surface area contributed by atoms with Crippen LogP contribution < -0.4 is 5.32 Å². The number of rotatable bonds is 5. The summed E-state index contributed by atoms with van der Waals surface area (Å²) < 4.78 is 2.09. The highest BCUT2D eigenvalue weighted by molar-refractivity contribution is 5.44. The highest BCUT2D eigenvalue weighted by atomic mass is 15.3. The molecule has 0 aliphatic rings. The first-order valence-electron chi connectivity index (χ1n) is 7.38. The average Bonchev–Trinajstić information content (AvgIpc) is 2.67. The molecule has 3 nitrogen and oxygen atoms in total. The fourth-order valence-electron chi connectivity index (χ4n) is 2.70. The van der Waals surface area contributed by atoms with E-state index >= 15 is 0 Å². The summed E-state index contributed by atoms with van der Waals surface area (Å²) in [4.78, 5) is 0. The van der Waals surface area contributed by atoms with Crippen molar-refractivity contribution in [2.45, 2.75) is 41.0 Å². The van der Waals surface area contributed by atoms with Crippen LogP contribution in [0.2, 0.25) is 0 Å². The van der Waals surface area contributed by atoms with Crippen molar-refractivity contribution in [2.24, 2.45) is 0 Å². The zero-order valence-electron chi connectivity index (χ0n) is 13.2. The maximum Gasteiger partial charge on any atom is 0.0678 e. The van der Waals surface area contributed by atoms with Gasteiger partial charge in [-0.1, -0.05) is 24.6 Å². The molecule has 0 aliphatic heterocycles. The molecule has 1 heterocycles. The van der Waals surface area contributed by atoms with Crippen molar-refractivity contribution in [3.8, 4) is 5.69 Å². The van der Waals surface area contributed by atoms with E-state index in [0.717, 1.165) is 25.2 Å². The first kappa shape index (κ1) is 14.8. The predicted molar refractivity (Wildman–Crippen MR) is 84.8 cm³/mol. The van der Waals surface area contributed by atoms with Gasteiger partial charge >= 0.3 is 0 Å². The standard InChI is InChI=1S/C17H25N3/c1-6-18-10-9-16-14(4)19-20(15(16)5)17-8-7-12(2)11-13(17)3/h7-8,11,18H,6,9-10H2,1-5H3. The summed E-state index contributed by atoms with van der Waals surface area (Å²) in [6, 6.07) is 6.53. The number of aryl methyl sites for hydroxylation is 3. The lowest BCUT2D eigenvalue weighted by atomic mass is 10.1. The number of aromatic nitrogens is 2. The lowest BCUT2D eigenvalue weighted by Gasteiger charge is -2.09. The zero-order valence-corrected chi connectivity index (χ0v) is 13.2. The lowest BCUT2D eigenvalue weighted by molar-refractivity contribution is 0.712. The molecule has 0 unspecified atom stereocenters. The molecule has 0 spiro atoms. The molecule has 20 heavy (non-hydrogen) atoms. The Morgan fingerprint density at radius 1 is 1.15 bits per heavy atom. The Kier molecular flexibility index (Phi) is 4.61. The van der Waals surface area contributed by atoms with Crippen LogP contribution in [0.1, 0.15) is 35.0 Å². The van der Waals surface area contributed by atoms with E-state index < -0.39 is 0 Å². The third-order valence-electron chi connectivity index (χ3n) is 3.82. The van der Waals surface area contributed by atoms with Gasteiger partial charge < -0.3 is 5.32 Å². The Bertz CT molecular complexity index is 597. The maximum absolute atomic E-state index is 4.74. The lowest BCUT2D eigenvalue weighted by Crippen LogP contribution is -2.16. The number of benzene rings is 1. The molecule has 1 N–H and O–H groups in total. The Morgan fingerprint density at radius 3 is 2.55 bits per heavy atom. The van der Waals surface area contributed by atoms with E-state index in [1.54, 1.807) is 0 Å². The van der Waals surface area contributed by atoms with Gasteiger partial charge in [0.15, 0.2) is 0 Å². The highest BCUT2D eigenvalue weighted by Crippen LogP contribution is 2.21. The summed E-state index contributed by atoms with van der Waals surface area (Å²) >= 11 is 0. The van der Waals surface area contributed by atoms with E-state index in [4.69, 9.17) is 5.10 Å². The van der Waals surface area contributed by atoms with Gasteiger partial charge in [0, 0.05) is 5.69 Å². The molecule has 1 aromatic carbocycles. The third-order valence-corrected chi connectivity index (χ3v) is 3.82. The Balaban J connectivity index is 2.35. The summed E-state index contributed by atoms with van der Waals surface area (Å²) in [5.41, 5.74) is 7.51. The Morgan fingerprint density at radius 2 is 1.90 bits per heavy atom. The molecular weight excluding hydrogens is 246 g/mol. The Hall–Kier alpha value is -1.61. The van der Waals surface area contributed by atoms with E-state index in [2.05, 4.69) is 62.8 Å². The largest absolute Gasteiger partial charge is 0.317 e. The Labute approximate surface area is 122 Å². The quantitative estimate of drug-likeness (QED) is 0.846. The third kappa shape index (κ3) is 2.93. The molecule has 0 atom stereocenters. The fraction of sp³-hybridized carbons (Fsp3) is 0.471. The van der Waals surface area contributed by atoms with Gasteiger partial charge in [-0.2, -0.15) is 5.10 Å². The van der Waals surface area contributed by atoms with Gasteiger partial charge in [-0.25, -0.2) is 4.68 Å². The molecule has 2 rings (SSSR count). The second-order valence-electron chi connectivity index (χ2n) is 5.45. The molecule has 0 fully saturated rings. The summed E-state index contributed by atoms with van der Waals surface area (Å²) in [6.07, 6.45) is 1.04. The topological polar surface area (TPSA) is 29.9 Å². The SMILES string of the molecule is CCNCCc1c(C)nn(-c2ccc(C)cc2C)c1C. The van der Waals surface area contributed by atoms with Crippen molar-refractivity contribution in [3.63, 3.8) is 0 Å². The van der Waals surface area contributed by atoms with Crippen molar-refractivity contribution < 1.29 is 0 Å². The van der Waals surface area contributed by atoms with Crippen LogP contribution in [-0.4, -0.2) is 22.9 Å². The predicted octanol–water partition coefficient (Wildman–Crippen LogP) is 3.26. The van der Waals surface area contributed by atoms with Crippen LogP contribution in [0.15, 0.2) is 18.2 Å². The van der Waals surface area contributed by atoms with Crippen molar-refractivity contribution in [1.29, 1.82) is 0 Å².